The molecular formula is C19H20N4O3. The van der Waals surface area contributed by atoms with Gasteiger partial charge in [0.15, 0.2) is 0 Å². The van der Waals surface area contributed by atoms with Crippen LogP contribution in [0.4, 0.5) is 16.2 Å². The van der Waals surface area contributed by atoms with Gasteiger partial charge in [-0.2, -0.15) is 0 Å². The molecule has 0 atom stereocenters. The normalized spacial score (nSPS) is 12.9. The lowest BCUT2D eigenvalue weighted by Crippen LogP contribution is -2.35. The Bertz CT molecular complexity index is 844. The maximum atomic E-state index is 12.2. The minimum atomic E-state index is -0.386. The van der Waals surface area contributed by atoms with Crippen LogP contribution >= 0.6 is 0 Å². The number of benzene rings is 2. The van der Waals surface area contributed by atoms with E-state index in [-0.39, 0.29) is 24.4 Å². The molecule has 4 amide bonds. The number of amides is 4. The second kappa shape index (κ2) is 7.26. The Labute approximate surface area is 151 Å². The van der Waals surface area contributed by atoms with E-state index < -0.39 is 0 Å². The highest BCUT2D eigenvalue weighted by atomic mass is 16.2. The largest absolute Gasteiger partial charge is 0.397 e. The number of fused-ring (bicyclic) bond motifs is 1. The van der Waals surface area contributed by atoms with Crippen molar-refractivity contribution in [2.45, 2.75) is 13.3 Å². The van der Waals surface area contributed by atoms with Gasteiger partial charge < -0.3 is 16.4 Å². The average Bonchev–Trinajstić information content (AvgIpc) is 2.86. The van der Waals surface area contributed by atoms with E-state index in [2.05, 4.69) is 10.6 Å². The van der Waals surface area contributed by atoms with Crippen molar-refractivity contribution in [3.05, 3.63) is 59.2 Å². The van der Waals surface area contributed by atoms with Gasteiger partial charge in [-0.1, -0.05) is 18.2 Å². The molecule has 1 aliphatic heterocycles. The SMILES string of the molecule is Cc1ccc(NC(=O)NCCCN2C(=O)c3ccccc3C2=O)c(N)c1. The fraction of sp³-hybridized carbons (Fsp3) is 0.211. The lowest BCUT2D eigenvalue weighted by molar-refractivity contribution is 0.0653. The number of imide groups is 1. The number of nitrogen functional groups attached to an aromatic ring is 1. The zero-order chi connectivity index (χ0) is 18.7. The van der Waals surface area contributed by atoms with Crippen LogP contribution in [0, 0.1) is 6.92 Å². The van der Waals surface area contributed by atoms with E-state index in [1.165, 1.54) is 4.90 Å². The number of hydrogen-bond donors (Lipinski definition) is 3. The molecule has 0 bridgehead atoms. The van der Waals surface area contributed by atoms with Crippen molar-refractivity contribution in [2.24, 2.45) is 0 Å². The molecule has 7 nitrogen and oxygen atoms in total. The number of hydrogen-bond acceptors (Lipinski definition) is 4. The van der Waals surface area contributed by atoms with Gasteiger partial charge in [0.25, 0.3) is 11.8 Å². The molecule has 7 heteroatoms. The Morgan fingerprint density at radius 1 is 1.08 bits per heavy atom. The van der Waals surface area contributed by atoms with E-state index in [9.17, 15) is 14.4 Å². The molecule has 134 valence electrons. The van der Waals surface area contributed by atoms with Crippen LogP contribution in [-0.2, 0) is 0 Å². The van der Waals surface area contributed by atoms with Crippen LogP contribution in [0.5, 0.6) is 0 Å². The zero-order valence-corrected chi connectivity index (χ0v) is 14.4. The fourth-order valence-corrected chi connectivity index (χ4v) is 2.84. The van der Waals surface area contributed by atoms with Crippen LogP contribution in [0.3, 0.4) is 0 Å². The quantitative estimate of drug-likeness (QED) is 0.436. The molecule has 0 aliphatic carbocycles. The van der Waals surface area contributed by atoms with Gasteiger partial charge in [-0.05, 0) is 43.2 Å². The molecule has 1 aliphatic rings. The lowest BCUT2D eigenvalue weighted by Gasteiger charge is -2.14. The molecule has 4 N–H and O–H groups in total. The summed E-state index contributed by atoms with van der Waals surface area (Å²) in [5, 5.41) is 5.37. The summed E-state index contributed by atoms with van der Waals surface area (Å²) >= 11 is 0. The number of anilines is 2. The fourth-order valence-electron chi connectivity index (χ4n) is 2.84. The van der Waals surface area contributed by atoms with Gasteiger partial charge in [-0.3, -0.25) is 14.5 Å². The Balaban J connectivity index is 1.47. The third-order valence-electron chi connectivity index (χ3n) is 4.18. The summed E-state index contributed by atoms with van der Waals surface area (Å²) < 4.78 is 0. The predicted molar refractivity (Wildman–Crippen MR) is 99.0 cm³/mol. The van der Waals surface area contributed by atoms with Crippen molar-refractivity contribution in [1.29, 1.82) is 0 Å². The molecule has 2 aromatic rings. The summed E-state index contributed by atoms with van der Waals surface area (Å²) in [4.78, 5) is 37.6. The molecule has 1 heterocycles. The van der Waals surface area contributed by atoms with Crippen molar-refractivity contribution in [3.63, 3.8) is 0 Å². The number of nitrogens with one attached hydrogen (secondary N) is 2. The van der Waals surface area contributed by atoms with E-state index in [1.54, 1.807) is 36.4 Å². The van der Waals surface area contributed by atoms with E-state index in [0.717, 1.165) is 5.56 Å². The molecule has 0 radical (unpaired) electrons. The zero-order valence-electron chi connectivity index (χ0n) is 14.4. The molecule has 26 heavy (non-hydrogen) atoms. The number of urea groups is 1. The van der Waals surface area contributed by atoms with Gasteiger partial charge >= 0.3 is 6.03 Å². The van der Waals surface area contributed by atoms with Gasteiger partial charge in [0.1, 0.15) is 0 Å². The third-order valence-corrected chi connectivity index (χ3v) is 4.18. The summed E-state index contributed by atoms with van der Waals surface area (Å²) in [6.07, 6.45) is 0.461. The van der Waals surface area contributed by atoms with Crippen molar-refractivity contribution in [3.8, 4) is 0 Å². The highest BCUT2D eigenvalue weighted by Gasteiger charge is 2.34. The number of carbonyl (C=O) groups is 3. The summed E-state index contributed by atoms with van der Waals surface area (Å²) in [5.41, 5.74) is 8.75. The number of aryl methyl sites for hydroxylation is 1. The van der Waals surface area contributed by atoms with Gasteiger partial charge in [0, 0.05) is 13.1 Å². The minimum absolute atomic E-state index is 0.249. The molecule has 3 rings (SSSR count). The van der Waals surface area contributed by atoms with Crippen LogP contribution in [0.15, 0.2) is 42.5 Å². The highest BCUT2D eigenvalue weighted by Crippen LogP contribution is 2.22. The van der Waals surface area contributed by atoms with Crippen LogP contribution in [0.25, 0.3) is 0 Å². The molecule has 2 aromatic carbocycles. The molecular weight excluding hydrogens is 332 g/mol. The van der Waals surface area contributed by atoms with Gasteiger partial charge in [0.2, 0.25) is 0 Å². The first kappa shape index (κ1) is 17.5. The second-order valence-electron chi connectivity index (χ2n) is 6.13. The molecule has 0 saturated heterocycles. The van der Waals surface area contributed by atoms with Gasteiger partial charge in [0.05, 0.1) is 22.5 Å². The predicted octanol–water partition coefficient (Wildman–Crippen LogP) is 2.39. The van der Waals surface area contributed by atoms with Crippen molar-refractivity contribution in [2.75, 3.05) is 24.1 Å². The summed E-state index contributed by atoms with van der Waals surface area (Å²) in [5.74, 6) is -0.579. The number of rotatable bonds is 5. The topological polar surface area (TPSA) is 105 Å². The first-order valence-electron chi connectivity index (χ1n) is 8.33. The second-order valence-corrected chi connectivity index (χ2v) is 6.13. The van der Waals surface area contributed by atoms with Crippen LogP contribution in [-0.4, -0.2) is 35.8 Å². The van der Waals surface area contributed by atoms with E-state index in [0.29, 0.717) is 35.5 Å². The van der Waals surface area contributed by atoms with Gasteiger partial charge in [-0.25, -0.2) is 4.79 Å². The van der Waals surface area contributed by atoms with E-state index in [4.69, 9.17) is 5.73 Å². The molecule has 0 unspecified atom stereocenters. The van der Waals surface area contributed by atoms with E-state index >= 15 is 0 Å². The Kier molecular flexibility index (Phi) is 4.88. The molecule has 0 spiro atoms. The maximum absolute atomic E-state index is 12.2. The van der Waals surface area contributed by atoms with Crippen molar-refractivity contribution in [1.82, 2.24) is 10.2 Å². The molecule has 0 aromatic heterocycles. The Morgan fingerprint density at radius 2 is 1.73 bits per heavy atom. The monoisotopic (exact) mass is 352 g/mol. The maximum Gasteiger partial charge on any atom is 0.319 e. The van der Waals surface area contributed by atoms with Crippen molar-refractivity contribution >= 4 is 29.2 Å². The minimum Gasteiger partial charge on any atom is -0.397 e. The first-order chi connectivity index (χ1) is 12.5. The smallest absolute Gasteiger partial charge is 0.319 e. The summed E-state index contributed by atoms with van der Waals surface area (Å²) in [6, 6.07) is 11.7. The Hall–Kier alpha value is -3.35. The number of carbonyl (C=O) groups excluding carboxylic acids is 3. The van der Waals surface area contributed by atoms with Crippen LogP contribution in [0.2, 0.25) is 0 Å². The van der Waals surface area contributed by atoms with Crippen LogP contribution in [0.1, 0.15) is 32.7 Å². The number of nitrogens with two attached hydrogens (primary N) is 1. The van der Waals surface area contributed by atoms with Crippen LogP contribution < -0.4 is 16.4 Å². The number of nitrogens with zero attached hydrogens (tertiary/aromatic N) is 1. The molecule has 0 fully saturated rings. The van der Waals surface area contributed by atoms with E-state index in [1.807, 2.05) is 13.0 Å². The third kappa shape index (κ3) is 3.51. The standard InChI is InChI=1S/C19H20N4O3/c1-12-7-8-16(15(20)11-12)22-19(26)21-9-4-10-23-17(24)13-5-2-3-6-14(13)18(23)25/h2-3,5-8,11H,4,9-10,20H2,1H3,(H2,21,22,26). The van der Waals surface area contributed by atoms with Crippen molar-refractivity contribution < 1.29 is 14.4 Å². The summed E-state index contributed by atoms with van der Waals surface area (Å²) in [7, 11) is 0. The first-order valence-corrected chi connectivity index (χ1v) is 8.33. The highest BCUT2D eigenvalue weighted by molar-refractivity contribution is 6.21. The molecule has 0 saturated carbocycles. The summed E-state index contributed by atoms with van der Waals surface area (Å²) in [6.45, 7) is 2.49. The Morgan fingerprint density at radius 3 is 2.35 bits per heavy atom. The van der Waals surface area contributed by atoms with Gasteiger partial charge in [-0.15, -0.1) is 0 Å². The average molecular weight is 352 g/mol. The lowest BCUT2D eigenvalue weighted by atomic mass is 10.1.